The summed E-state index contributed by atoms with van der Waals surface area (Å²) in [7, 11) is 1.51. The third kappa shape index (κ3) is 7.98. The maximum atomic E-state index is 14.6. The molecule has 208 valence electrons. The van der Waals surface area contributed by atoms with Gasteiger partial charge in [-0.1, -0.05) is 17.7 Å². The number of rotatable bonds is 10. The number of ether oxygens (including phenoxy) is 2. The Morgan fingerprint density at radius 3 is 2.33 bits per heavy atom. The molecule has 3 aromatic carbocycles. The van der Waals surface area contributed by atoms with Gasteiger partial charge in [-0.25, -0.2) is 8.78 Å². The van der Waals surface area contributed by atoms with E-state index in [0.717, 1.165) is 30.3 Å². The molecule has 6 nitrogen and oxygen atoms in total. The van der Waals surface area contributed by atoms with Crippen LogP contribution in [0.1, 0.15) is 43.0 Å². The maximum Gasteiger partial charge on any atom is 0.416 e. The molecule has 3 aromatic rings. The Bertz CT molecular complexity index is 1360. The van der Waals surface area contributed by atoms with Crippen LogP contribution in [-0.4, -0.2) is 32.1 Å². The highest BCUT2D eigenvalue weighted by atomic mass is 35.5. The molecule has 0 unspecified atom stereocenters. The number of carbonyl (C=O) groups is 2. The molecule has 0 fully saturated rings. The molecule has 0 aromatic heterocycles. The van der Waals surface area contributed by atoms with Gasteiger partial charge in [-0.3, -0.25) is 9.59 Å². The number of nitrogens with one attached hydrogen (secondary N) is 2. The molecule has 12 heteroatoms. The van der Waals surface area contributed by atoms with Crippen LogP contribution < -0.4 is 10.6 Å². The molecular formula is C27H24ClF5N2O4. The van der Waals surface area contributed by atoms with Crippen LogP contribution in [0.3, 0.4) is 0 Å². The third-order valence-electron chi connectivity index (χ3n) is 5.64. The lowest BCUT2D eigenvalue weighted by Gasteiger charge is -2.14. The van der Waals surface area contributed by atoms with Crippen LogP contribution >= 0.6 is 11.6 Å². The molecule has 2 N–H and O–H groups in total. The van der Waals surface area contributed by atoms with E-state index in [1.807, 2.05) is 0 Å². The normalized spacial score (nSPS) is 11.4. The summed E-state index contributed by atoms with van der Waals surface area (Å²) in [6, 6.07) is 8.40. The summed E-state index contributed by atoms with van der Waals surface area (Å²) in [5.74, 6) is -3.23. The summed E-state index contributed by atoms with van der Waals surface area (Å²) >= 11 is 6.03. The van der Waals surface area contributed by atoms with Crippen LogP contribution in [0.5, 0.6) is 0 Å². The number of methoxy groups -OCH3 is 1. The smallest absolute Gasteiger partial charge is 0.382 e. The minimum Gasteiger partial charge on any atom is -0.382 e. The highest BCUT2D eigenvalue weighted by Crippen LogP contribution is 2.32. The fourth-order valence-corrected chi connectivity index (χ4v) is 3.80. The highest BCUT2D eigenvalue weighted by Gasteiger charge is 2.30. The average molecular weight is 571 g/mol. The second-order valence-electron chi connectivity index (χ2n) is 8.43. The molecule has 0 heterocycles. The van der Waals surface area contributed by atoms with Crippen molar-refractivity contribution in [3.63, 3.8) is 0 Å². The number of hydrogen-bond acceptors (Lipinski definition) is 4. The van der Waals surface area contributed by atoms with Gasteiger partial charge in [0.25, 0.3) is 11.8 Å². The van der Waals surface area contributed by atoms with E-state index in [1.165, 1.54) is 32.2 Å². The van der Waals surface area contributed by atoms with Gasteiger partial charge < -0.3 is 20.1 Å². The minimum absolute atomic E-state index is 0.0509. The number of halogens is 6. The van der Waals surface area contributed by atoms with Crippen molar-refractivity contribution in [3.8, 4) is 0 Å². The zero-order valence-corrected chi connectivity index (χ0v) is 21.6. The monoisotopic (exact) mass is 570 g/mol. The lowest BCUT2D eigenvalue weighted by atomic mass is 10.1. The second kappa shape index (κ2) is 13.0. The van der Waals surface area contributed by atoms with E-state index in [2.05, 4.69) is 10.6 Å². The van der Waals surface area contributed by atoms with E-state index in [4.69, 9.17) is 21.1 Å². The molecule has 0 aliphatic rings. The predicted molar refractivity (Wildman–Crippen MR) is 135 cm³/mol. The van der Waals surface area contributed by atoms with Crippen LogP contribution in [0.25, 0.3) is 0 Å². The first-order valence-corrected chi connectivity index (χ1v) is 11.9. The molecule has 0 spiro atoms. The first-order chi connectivity index (χ1) is 18.4. The number of alkyl halides is 3. The number of anilines is 1. The fourth-order valence-electron chi connectivity index (χ4n) is 3.56. The Labute approximate surface area is 226 Å². The Hall–Kier alpha value is -3.54. The molecule has 0 saturated carbocycles. The highest BCUT2D eigenvalue weighted by molar-refractivity contribution is 6.34. The van der Waals surface area contributed by atoms with Crippen molar-refractivity contribution in [3.05, 3.63) is 98.6 Å². The third-order valence-corrected chi connectivity index (χ3v) is 5.96. The summed E-state index contributed by atoms with van der Waals surface area (Å²) in [4.78, 5) is 25.6. The fraction of sp³-hybridized carbons (Fsp3) is 0.259. The molecule has 3 rings (SSSR count). The van der Waals surface area contributed by atoms with Gasteiger partial charge in [0.15, 0.2) is 0 Å². The lowest BCUT2D eigenvalue weighted by Crippen LogP contribution is -2.25. The molecule has 0 aliphatic heterocycles. The van der Waals surface area contributed by atoms with Crippen LogP contribution in [-0.2, 0) is 28.8 Å². The van der Waals surface area contributed by atoms with E-state index in [0.29, 0.717) is 17.7 Å². The van der Waals surface area contributed by atoms with Crippen molar-refractivity contribution in [1.82, 2.24) is 5.32 Å². The summed E-state index contributed by atoms with van der Waals surface area (Å²) in [5.41, 5.74) is -0.443. The van der Waals surface area contributed by atoms with Crippen LogP contribution in [0, 0.1) is 18.6 Å². The first-order valence-electron chi connectivity index (χ1n) is 11.5. The van der Waals surface area contributed by atoms with Gasteiger partial charge >= 0.3 is 6.18 Å². The summed E-state index contributed by atoms with van der Waals surface area (Å²) < 4.78 is 77.5. The van der Waals surface area contributed by atoms with Gasteiger partial charge in [-0.2, -0.15) is 13.2 Å². The molecule has 39 heavy (non-hydrogen) atoms. The van der Waals surface area contributed by atoms with Crippen molar-refractivity contribution in [2.75, 3.05) is 25.6 Å². The number of aryl methyl sites for hydroxylation is 1. The molecule has 0 saturated heterocycles. The zero-order valence-electron chi connectivity index (χ0n) is 20.8. The van der Waals surface area contributed by atoms with Gasteiger partial charge in [0.05, 0.1) is 41.5 Å². The zero-order chi connectivity index (χ0) is 28.7. The van der Waals surface area contributed by atoms with Crippen molar-refractivity contribution in [2.24, 2.45) is 0 Å². The van der Waals surface area contributed by atoms with Crippen LogP contribution in [0.15, 0.2) is 48.5 Å². The Balaban J connectivity index is 1.76. The molecule has 0 atom stereocenters. The Kier molecular flexibility index (Phi) is 10.0. The molecule has 0 bridgehead atoms. The Morgan fingerprint density at radius 1 is 0.923 bits per heavy atom. The summed E-state index contributed by atoms with van der Waals surface area (Å²) in [6.07, 6.45) is -4.55. The Morgan fingerprint density at radius 2 is 1.67 bits per heavy atom. The number of hydrogen-bond donors (Lipinski definition) is 2. The largest absolute Gasteiger partial charge is 0.416 e. The van der Waals surface area contributed by atoms with E-state index < -0.39 is 40.8 Å². The van der Waals surface area contributed by atoms with Crippen molar-refractivity contribution in [2.45, 2.75) is 26.3 Å². The van der Waals surface area contributed by atoms with Crippen molar-refractivity contribution in [1.29, 1.82) is 0 Å². The quantitative estimate of drug-likeness (QED) is 0.222. The van der Waals surface area contributed by atoms with E-state index in [1.54, 1.807) is 0 Å². The summed E-state index contributed by atoms with van der Waals surface area (Å²) in [6.45, 7) is 1.94. The molecule has 0 radical (unpaired) electrons. The molecule has 2 amide bonds. The number of amides is 2. The van der Waals surface area contributed by atoms with Gasteiger partial charge in [-0.05, 0) is 66.1 Å². The molecular weight excluding hydrogens is 547 g/mol. The van der Waals surface area contributed by atoms with Crippen LogP contribution in [0.2, 0.25) is 5.02 Å². The summed E-state index contributed by atoms with van der Waals surface area (Å²) in [5, 5.41) is 4.64. The SMILES string of the molecule is COCCOCc1cc(F)ccc1CNC(=O)c1cc(C(=O)Nc2ccc(C(F)(F)F)cc2C)c(Cl)cc1F. The maximum absolute atomic E-state index is 14.6. The number of benzene rings is 3. The first kappa shape index (κ1) is 30.0. The van der Waals surface area contributed by atoms with Crippen molar-refractivity contribution >= 4 is 29.1 Å². The van der Waals surface area contributed by atoms with Crippen molar-refractivity contribution < 1.29 is 41.0 Å². The van der Waals surface area contributed by atoms with E-state index in [-0.39, 0.29) is 41.6 Å². The van der Waals surface area contributed by atoms with E-state index >= 15 is 0 Å². The topological polar surface area (TPSA) is 76.7 Å². The van der Waals surface area contributed by atoms with E-state index in [9.17, 15) is 31.5 Å². The van der Waals surface area contributed by atoms with Gasteiger partial charge in [-0.15, -0.1) is 0 Å². The second-order valence-corrected chi connectivity index (χ2v) is 8.84. The van der Waals surface area contributed by atoms with Crippen LogP contribution in [0.4, 0.5) is 27.6 Å². The van der Waals surface area contributed by atoms with Gasteiger partial charge in [0, 0.05) is 19.3 Å². The lowest BCUT2D eigenvalue weighted by molar-refractivity contribution is -0.137. The molecule has 0 aliphatic carbocycles. The van der Waals surface area contributed by atoms with Gasteiger partial charge in [0.1, 0.15) is 11.6 Å². The minimum atomic E-state index is -4.55. The standard InChI is InChI=1S/C27H24ClF5N2O4/c1-15-9-18(27(31,32)33)4-6-24(15)35-26(37)20-11-21(23(30)12-22(20)28)25(36)34-13-16-3-5-19(29)10-17(16)14-39-8-7-38-2/h3-6,9-12H,7-8,13-14H2,1-2H3,(H,34,36)(H,35,37). The number of carbonyl (C=O) groups excluding carboxylic acids is 2. The predicted octanol–water partition coefficient (Wildman–Crippen LogP) is 6.29. The average Bonchev–Trinajstić information content (AvgIpc) is 2.86. The van der Waals surface area contributed by atoms with Gasteiger partial charge in [0.2, 0.25) is 0 Å².